The molecule has 0 aliphatic carbocycles. The lowest BCUT2D eigenvalue weighted by molar-refractivity contribution is -0.120. The highest BCUT2D eigenvalue weighted by molar-refractivity contribution is 5.81. The van der Waals surface area contributed by atoms with Gasteiger partial charge in [-0.05, 0) is 25.1 Å². The highest BCUT2D eigenvalue weighted by Gasteiger charge is 2.12. The van der Waals surface area contributed by atoms with Crippen molar-refractivity contribution in [1.82, 2.24) is 5.32 Å². The van der Waals surface area contributed by atoms with E-state index in [1.165, 1.54) is 6.07 Å². The largest absolute Gasteiger partial charge is 0.376 e. The molecule has 3 nitrogen and oxygen atoms in total. The molecule has 0 aliphatic rings. The van der Waals surface area contributed by atoms with Crippen molar-refractivity contribution in [2.45, 2.75) is 13.0 Å². The zero-order chi connectivity index (χ0) is 14.4. The first-order valence-electron chi connectivity index (χ1n) is 6.49. The Hall–Kier alpha value is -2.36. The van der Waals surface area contributed by atoms with E-state index in [0.29, 0.717) is 5.56 Å². The third kappa shape index (κ3) is 3.82. The van der Waals surface area contributed by atoms with Crippen molar-refractivity contribution < 1.29 is 9.18 Å². The van der Waals surface area contributed by atoms with Gasteiger partial charge in [0.05, 0.1) is 12.6 Å². The predicted octanol–water partition coefficient (Wildman–Crippen LogP) is 3.12. The first-order chi connectivity index (χ1) is 9.66. The second-order valence-electron chi connectivity index (χ2n) is 4.53. The van der Waals surface area contributed by atoms with E-state index < -0.39 is 0 Å². The van der Waals surface area contributed by atoms with Crippen LogP contribution in [0.15, 0.2) is 54.6 Å². The molecule has 20 heavy (non-hydrogen) atoms. The van der Waals surface area contributed by atoms with Gasteiger partial charge in [-0.25, -0.2) is 4.39 Å². The molecule has 0 unspecified atom stereocenters. The molecular formula is C16H17FN2O. The lowest BCUT2D eigenvalue weighted by Crippen LogP contribution is -2.32. The first-order valence-corrected chi connectivity index (χ1v) is 6.49. The van der Waals surface area contributed by atoms with Gasteiger partial charge in [0, 0.05) is 11.3 Å². The van der Waals surface area contributed by atoms with E-state index in [0.717, 1.165) is 5.69 Å². The molecular weight excluding hydrogens is 255 g/mol. The highest BCUT2D eigenvalue weighted by Crippen LogP contribution is 2.15. The van der Waals surface area contributed by atoms with Crippen LogP contribution in [0.3, 0.4) is 0 Å². The van der Waals surface area contributed by atoms with Crippen LogP contribution < -0.4 is 10.6 Å². The van der Waals surface area contributed by atoms with E-state index in [1.54, 1.807) is 25.1 Å². The lowest BCUT2D eigenvalue weighted by atomic mass is 10.1. The Labute approximate surface area is 117 Å². The molecule has 0 saturated heterocycles. The van der Waals surface area contributed by atoms with Gasteiger partial charge in [0.25, 0.3) is 0 Å². The summed E-state index contributed by atoms with van der Waals surface area (Å²) in [6.07, 6.45) is 0. The standard InChI is InChI=1S/C16H17FN2O/c1-12(14-9-5-6-10-15(14)17)19-16(20)11-18-13-7-3-2-4-8-13/h2-10,12,18H,11H2,1H3,(H,19,20)/t12-/m1/s1. The second kappa shape index (κ2) is 6.70. The van der Waals surface area contributed by atoms with E-state index in [9.17, 15) is 9.18 Å². The van der Waals surface area contributed by atoms with Gasteiger partial charge in [0.2, 0.25) is 5.91 Å². The van der Waals surface area contributed by atoms with Gasteiger partial charge in [0.1, 0.15) is 5.82 Å². The van der Waals surface area contributed by atoms with Gasteiger partial charge >= 0.3 is 0 Å². The van der Waals surface area contributed by atoms with Crippen LogP contribution in [0.1, 0.15) is 18.5 Å². The molecule has 0 aliphatic heterocycles. The van der Waals surface area contributed by atoms with E-state index in [1.807, 2.05) is 30.3 Å². The Kier molecular flexibility index (Phi) is 4.71. The van der Waals surface area contributed by atoms with Crippen molar-refractivity contribution in [3.8, 4) is 0 Å². The Morgan fingerprint density at radius 1 is 1.10 bits per heavy atom. The Bertz CT molecular complexity index is 572. The number of hydrogen-bond donors (Lipinski definition) is 2. The maximum atomic E-state index is 13.6. The maximum Gasteiger partial charge on any atom is 0.239 e. The molecule has 2 N–H and O–H groups in total. The molecule has 1 amide bonds. The van der Waals surface area contributed by atoms with Crippen LogP contribution in [-0.2, 0) is 4.79 Å². The van der Waals surface area contributed by atoms with E-state index in [4.69, 9.17) is 0 Å². The van der Waals surface area contributed by atoms with Crippen LogP contribution in [0.2, 0.25) is 0 Å². The molecule has 2 aromatic rings. The van der Waals surface area contributed by atoms with Crippen molar-refractivity contribution in [1.29, 1.82) is 0 Å². The summed E-state index contributed by atoms with van der Waals surface area (Å²) >= 11 is 0. The van der Waals surface area contributed by atoms with Gasteiger partial charge in [0.15, 0.2) is 0 Å². The summed E-state index contributed by atoms with van der Waals surface area (Å²) in [6.45, 7) is 1.92. The molecule has 104 valence electrons. The Morgan fingerprint density at radius 3 is 2.45 bits per heavy atom. The fourth-order valence-electron chi connectivity index (χ4n) is 1.93. The van der Waals surface area contributed by atoms with Gasteiger partial charge < -0.3 is 10.6 Å². The molecule has 0 bridgehead atoms. The van der Waals surface area contributed by atoms with Crippen LogP contribution >= 0.6 is 0 Å². The molecule has 2 aromatic carbocycles. The van der Waals surface area contributed by atoms with Gasteiger partial charge in [-0.3, -0.25) is 4.79 Å². The first kappa shape index (κ1) is 14.1. The Morgan fingerprint density at radius 2 is 1.75 bits per heavy atom. The molecule has 0 fully saturated rings. The lowest BCUT2D eigenvalue weighted by Gasteiger charge is -2.15. The summed E-state index contributed by atoms with van der Waals surface area (Å²) in [5.41, 5.74) is 1.36. The second-order valence-corrected chi connectivity index (χ2v) is 4.53. The van der Waals surface area contributed by atoms with E-state index in [-0.39, 0.29) is 24.3 Å². The smallest absolute Gasteiger partial charge is 0.239 e. The summed E-state index contributed by atoms with van der Waals surface area (Å²) in [5.74, 6) is -0.485. The number of benzene rings is 2. The number of carbonyl (C=O) groups excluding carboxylic acids is 1. The minimum Gasteiger partial charge on any atom is -0.376 e. The molecule has 0 heterocycles. The molecule has 0 saturated carbocycles. The minimum absolute atomic E-state index is 0.156. The van der Waals surface area contributed by atoms with Crippen molar-refractivity contribution >= 4 is 11.6 Å². The van der Waals surface area contributed by atoms with Crippen LogP contribution in [0, 0.1) is 5.82 Å². The number of nitrogens with one attached hydrogen (secondary N) is 2. The zero-order valence-electron chi connectivity index (χ0n) is 11.3. The highest BCUT2D eigenvalue weighted by atomic mass is 19.1. The van der Waals surface area contributed by atoms with Gasteiger partial charge in [-0.2, -0.15) is 0 Å². The topological polar surface area (TPSA) is 41.1 Å². The molecule has 0 spiro atoms. The normalized spacial score (nSPS) is 11.7. The summed E-state index contributed by atoms with van der Waals surface area (Å²) < 4.78 is 13.6. The number of hydrogen-bond acceptors (Lipinski definition) is 2. The van der Waals surface area contributed by atoms with Crippen LogP contribution in [0.4, 0.5) is 10.1 Å². The number of carbonyl (C=O) groups is 1. The molecule has 0 aromatic heterocycles. The maximum absolute atomic E-state index is 13.6. The fraction of sp³-hybridized carbons (Fsp3) is 0.188. The average molecular weight is 272 g/mol. The number of halogens is 1. The molecule has 4 heteroatoms. The third-order valence-corrected chi connectivity index (χ3v) is 2.98. The van der Waals surface area contributed by atoms with Crippen LogP contribution in [0.25, 0.3) is 0 Å². The summed E-state index contributed by atoms with van der Waals surface area (Å²) in [4.78, 5) is 11.8. The third-order valence-electron chi connectivity index (χ3n) is 2.98. The predicted molar refractivity (Wildman–Crippen MR) is 77.9 cm³/mol. The number of rotatable bonds is 5. The number of anilines is 1. The summed E-state index contributed by atoms with van der Waals surface area (Å²) in [7, 11) is 0. The average Bonchev–Trinajstić information content (AvgIpc) is 2.46. The monoisotopic (exact) mass is 272 g/mol. The summed E-state index contributed by atoms with van der Waals surface area (Å²) in [5, 5.41) is 5.78. The van der Waals surface area contributed by atoms with Crippen LogP contribution in [0.5, 0.6) is 0 Å². The van der Waals surface area contributed by atoms with Crippen molar-refractivity contribution in [2.75, 3.05) is 11.9 Å². The SMILES string of the molecule is C[C@@H](NC(=O)CNc1ccccc1)c1ccccc1F. The summed E-state index contributed by atoms with van der Waals surface area (Å²) in [6, 6.07) is 15.5. The van der Waals surface area contributed by atoms with E-state index >= 15 is 0 Å². The number of amides is 1. The molecule has 1 atom stereocenters. The van der Waals surface area contributed by atoms with Gasteiger partial charge in [-0.1, -0.05) is 36.4 Å². The molecule has 0 radical (unpaired) electrons. The number of para-hydroxylation sites is 1. The fourth-order valence-corrected chi connectivity index (χ4v) is 1.93. The Balaban J connectivity index is 1.87. The van der Waals surface area contributed by atoms with Crippen molar-refractivity contribution in [3.63, 3.8) is 0 Å². The van der Waals surface area contributed by atoms with Crippen molar-refractivity contribution in [2.24, 2.45) is 0 Å². The zero-order valence-corrected chi connectivity index (χ0v) is 11.3. The molecule has 2 rings (SSSR count). The van der Waals surface area contributed by atoms with Crippen LogP contribution in [-0.4, -0.2) is 12.5 Å². The van der Waals surface area contributed by atoms with Crippen molar-refractivity contribution in [3.05, 3.63) is 66.0 Å². The van der Waals surface area contributed by atoms with E-state index in [2.05, 4.69) is 10.6 Å². The quantitative estimate of drug-likeness (QED) is 0.878. The van der Waals surface area contributed by atoms with Gasteiger partial charge in [-0.15, -0.1) is 0 Å². The minimum atomic E-state index is -0.360.